The summed E-state index contributed by atoms with van der Waals surface area (Å²) in [6.07, 6.45) is 8.90. The molecule has 0 spiro atoms. The van der Waals surface area contributed by atoms with Crippen molar-refractivity contribution in [2.45, 2.75) is 79.1 Å². The average Bonchev–Trinajstić information content (AvgIpc) is 2.63. The third-order valence-corrected chi connectivity index (χ3v) is 4.46. The number of carbonyl (C=O) groups is 1. The van der Waals surface area contributed by atoms with Crippen LogP contribution in [0.15, 0.2) is 18.2 Å². The van der Waals surface area contributed by atoms with Crippen LogP contribution in [0.5, 0.6) is 0 Å². The van der Waals surface area contributed by atoms with Crippen LogP contribution in [0.3, 0.4) is 0 Å². The lowest BCUT2D eigenvalue weighted by Crippen LogP contribution is -2.12. The van der Waals surface area contributed by atoms with Crippen LogP contribution in [0.4, 0.5) is 0 Å². The molecular formula is C23H38O3. The van der Waals surface area contributed by atoms with Crippen molar-refractivity contribution in [1.82, 2.24) is 0 Å². The van der Waals surface area contributed by atoms with E-state index in [0.717, 1.165) is 51.6 Å². The molecule has 0 bridgehead atoms. The number of ether oxygens (including phenoxy) is 2. The largest absolute Gasteiger partial charge is 0.460 e. The quantitative estimate of drug-likeness (QED) is 0.301. The molecule has 148 valence electrons. The van der Waals surface area contributed by atoms with Crippen LogP contribution in [0.25, 0.3) is 0 Å². The molecule has 26 heavy (non-hydrogen) atoms. The highest BCUT2D eigenvalue weighted by molar-refractivity contribution is 5.89. The third kappa shape index (κ3) is 9.96. The maximum Gasteiger partial charge on any atom is 0.338 e. The second kappa shape index (κ2) is 13.8. The Kier molecular flexibility index (Phi) is 12.0. The van der Waals surface area contributed by atoms with E-state index in [-0.39, 0.29) is 5.97 Å². The molecule has 0 aliphatic rings. The fourth-order valence-electron chi connectivity index (χ4n) is 2.90. The van der Waals surface area contributed by atoms with Gasteiger partial charge in [0.05, 0.1) is 12.2 Å². The summed E-state index contributed by atoms with van der Waals surface area (Å²) in [5.74, 6) is 0.477. The predicted octanol–water partition coefficient (Wildman–Crippen LogP) is 5.98. The zero-order valence-electron chi connectivity index (χ0n) is 17.3. The van der Waals surface area contributed by atoms with E-state index in [2.05, 4.69) is 33.8 Å². The minimum Gasteiger partial charge on any atom is -0.460 e. The van der Waals surface area contributed by atoms with Crippen molar-refractivity contribution in [2.75, 3.05) is 19.8 Å². The van der Waals surface area contributed by atoms with E-state index in [4.69, 9.17) is 9.47 Å². The van der Waals surface area contributed by atoms with Gasteiger partial charge in [0.25, 0.3) is 0 Å². The van der Waals surface area contributed by atoms with Gasteiger partial charge >= 0.3 is 5.97 Å². The first-order chi connectivity index (χ1) is 12.6. The molecule has 1 aromatic carbocycles. The number of hydrogen-bond donors (Lipinski definition) is 0. The van der Waals surface area contributed by atoms with Crippen molar-refractivity contribution < 1.29 is 14.3 Å². The summed E-state index contributed by atoms with van der Waals surface area (Å²) >= 11 is 0. The third-order valence-electron chi connectivity index (χ3n) is 4.46. The molecule has 1 aromatic rings. The number of aryl methyl sites for hydroxylation is 2. The molecule has 0 unspecified atom stereocenters. The Hall–Kier alpha value is -1.35. The summed E-state index contributed by atoms with van der Waals surface area (Å²) in [4.78, 5) is 12.4. The Labute approximate surface area is 160 Å². The van der Waals surface area contributed by atoms with Crippen molar-refractivity contribution in [1.29, 1.82) is 0 Å². The van der Waals surface area contributed by atoms with Gasteiger partial charge in [-0.15, -0.1) is 0 Å². The van der Waals surface area contributed by atoms with E-state index in [1.807, 2.05) is 12.1 Å². The summed E-state index contributed by atoms with van der Waals surface area (Å²) < 4.78 is 11.0. The molecule has 0 aliphatic carbocycles. The van der Waals surface area contributed by atoms with Crippen LogP contribution < -0.4 is 0 Å². The van der Waals surface area contributed by atoms with Gasteiger partial charge in [-0.3, -0.25) is 0 Å². The summed E-state index contributed by atoms with van der Waals surface area (Å²) in [6, 6.07) is 6.24. The van der Waals surface area contributed by atoms with E-state index >= 15 is 0 Å². The van der Waals surface area contributed by atoms with Crippen molar-refractivity contribution in [2.24, 2.45) is 5.92 Å². The minimum absolute atomic E-state index is 0.230. The number of hydrogen-bond acceptors (Lipinski definition) is 3. The molecule has 3 nitrogen and oxygen atoms in total. The van der Waals surface area contributed by atoms with Gasteiger partial charge in [-0.05, 0) is 67.7 Å². The Balaban J connectivity index is 2.49. The Bertz CT molecular complexity index is 482. The lowest BCUT2D eigenvalue weighted by molar-refractivity contribution is 0.0310. The fourth-order valence-corrected chi connectivity index (χ4v) is 2.90. The molecule has 0 radical (unpaired) electrons. The van der Waals surface area contributed by atoms with E-state index in [9.17, 15) is 4.79 Å². The molecule has 1 rings (SSSR count). The molecule has 0 aromatic heterocycles. The lowest BCUT2D eigenvalue weighted by Gasteiger charge is -2.10. The summed E-state index contributed by atoms with van der Waals surface area (Å²) in [6.45, 7) is 10.3. The van der Waals surface area contributed by atoms with Gasteiger partial charge in [0.15, 0.2) is 0 Å². The van der Waals surface area contributed by atoms with Crippen LogP contribution in [0.1, 0.15) is 87.7 Å². The van der Waals surface area contributed by atoms with Gasteiger partial charge < -0.3 is 9.47 Å². The van der Waals surface area contributed by atoms with Gasteiger partial charge in [0, 0.05) is 6.61 Å². The first-order valence-corrected chi connectivity index (χ1v) is 10.4. The first-order valence-electron chi connectivity index (χ1n) is 10.4. The Morgan fingerprint density at radius 1 is 0.885 bits per heavy atom. The highest BCUT2D eigenvalue weighted by atomic mass is 16.6. The van der Waals surface area contributed by atoms with Crippen LogP contribution >= 0.6 is 0 Å². The molecule has 0 saturated heterocycles. The smallest absolute Gasteiger partial charge is 0.338 e. The number of unbranched alkanes of at least 4 members (excludes halogenated alkanes) is 2. The monoisotopic (exact) mass is 362 g/mol. The summed E-state index contributed by atoms with van der Waals surface area (Å²) in [5.41, 5.74) is 3.18. The lowest BCUT2D eigenvalue weighted by atomic mass is 9.99. The van der Waals surface area contributed by atoms with E-state index in [0.29, 0.717) is 24.7 Å². The van der Waals surface area contributed by atoms with Crippen molar-refractivity contribution in [3.63, 3.8) is 0 Å². The molecule has 0 aliphatic heterocycles. The summed E-state index contributed by atoms with van der Waals surface area (Å²) in [5, 5.41) is 0. The second-order valence-corrected chi connectivity index (χ2v) is 7.53. The highest BCUT2D eigenvalue weighted by Crippen LogP contribution is 2.16. The maximum atomic E-state index is 12.4. The zero-order chi connectivity index (χ0) is 19.2. The molecule has 0 saturated carbocycles. The van der Waals surface area contributed by atoms with Gasteiger partial charge in [-0.2, -0.15) is 0 Å². The van der Waals surface area contributed by atoms with Gasteiger partial charge in [0.2, 0.25) is 0 Å². The summed E-state index contributed by atoms with van der Waals surface area (Å²) in [7, 11) is 0. The minimum atomic E-state index is -0.230. The van der Waals surface area contributed by atoms with Crippen molar-refractivity contribution >= 4 is 5.97 Å². The number of rotatable bonds is 14. The molecule has 0 fully saturated rings. The topological polar surface area (TPSA) is 35.5 Å². The highest BCUT2D eigenvalue weighted by Gasteiger charge is 2.10. The maximum absolute atomic E-state index is 12.4. The fraction of sp³-hybridized carbons (Fsp3) is 0.696. The Morgan fingerprint density at radius 2 is 1.50 bits per heavy atom. The van der Waals surface area contributed by atoms with E-state index in [1.165, 1.54) is 17.5 Å². The SMILES string of the molecule is CCCCc1cc(CCCC)cc(C(=O)OCCOCCCC(C)C)c1. The molecule has 0 amide bonds. The first kappa shape index (κ1) is 22.7. The van der Waals surface area contributed by atoms with Crippen molar-refractivity contribution in [3.05, 3.63) is 34.9 Å². The zero-order valence-corrected chi connectivity index (χ0v) is 17.3. The van der Waals surface area contributed by atoms with Gasteiger partial charge in [-0.1, -0.05) is 46.6 Å². The molecule has 0 N–H and O–H groups in total. The van der Waals surface area contributed by atoms with Gasteiger partial charge in [-0.25, -0.2) is 4.79 Å². The average molecular weight is 363 g/mol. The van der Waals surface area contributed by atoms with Crippen LogP contribution in [0, 0.1) is 5.92 Å². The Morgan fingerprint density at radius 3 is 2.04 bits per heavy atom. The number of carbonyl (C=O) groups excluding carboxylic acids is 1. The van der Waals surface area contributed by atoms with E-state index < -0.39 is 0 Å². The normalized spacial score (nSPS) is 11.1. The molecule has 0 heterocycles. The molecular weight excluding hydrogens is 324 g/mol. The molecule has 3 heteroatoms. The van der Waals surface area contributed by atoms with Crippen LogP contribution in [-0.4, -0.2) is 25.8 Å². The van der Waals surface area contributed by atoms with Gasteiger partial charge in [0.1, 0.15) is 6.61 Å². The molecule has 0 atom stereocenters. The van der Waals surface area contributed by atoms with Crippen LogP contribution in [-0.2, 0) is 22.3 Å². The second-order valence-electron chi connectivity index (χ2n) is 7.53. The van der Waals surface area contributed by atoms with E-state index in [1.54, 1.807) is 0 Å². The predicted molar refractivity (Wildman–Crippen MR) is 109 cm³/mol. The number of esters is 1. The number of benzene rings is 1. The standard InChI is InChI=1S/C23H38O3/c1-5-7-11-20-16-21(12-8-6-2)18-22(17-20)23(24)26-15-14-25-13-9-10-19(3)4/h16-19H,5-15H2,1-4H3. The van der Waals surface area contributed by atoms with Crippen molar-refractivity contribution in [3.8, 4) is 0 Å². The van der Waals surface area contributed by atoms with Crippen LogP contribution in [0.2, 0.25) is 0 Å².